The minimum atomic E-state index is -1.08. The highest BCUT2D eigenvalue weighted by Crippen LogP contribution is 2.31. The summed E-state index contributed by atoms with van der Waals surface area (Å²) in [5.74, 6) is 0.162. The number of nitrogens with zero attached hydrogens (tertiary/aromatic N) is 4. The maximum absolute atomic E-state index is 9.97. The second-order valence-corrected chi connectivity index (χ2v) is 4.50. The molecule has 0 aliphatic carbocycles. The predicted octanol–water partition coefficient (Wildman–Crippen LogP) is -1.37. The van der Waals surface area contributed by atoms with E-state index in [1.54, 1.807) is 6.92 Å². The molecule has 3 rings (SSSR count). The van der Waals surface area contributed by atoms with Crippen LogP contribution in [0.25, 0.3) is 11.2 Å². The lowest BCUT2D eigenvalue weighted by Gasteiger charge is -2.16. The van der Waals surface area contributed by atoms with E-state index in [0.29, 0.717) is 11.2 Å². The van der Waals surface area contributed by atoms with Gasteiger partial charge in [-0.3, -0.25) is 4.57 Å². The largest absolute Gasteiger partial charge is 0.388 e. The molecule has 1 fully saturated rings. The first-order valence-corrected chi connectivity index (χ1v) is 5.76. The summed E-state index contributed by atoms with van der Waals surface area (Å²) < 4.78 is 6.99. The van der Waals surface area contributed by atoms with Gasteiger partial charge < -0.3 is 26.4 Å². The molecule has 0 radical (unpaired) electrons. The summed E-state index contributed by atoms with van der Waals surface area (Å²) in [7, 11) is 0. The van der Waals surface area contributed by atoms with Gasteiger partial charge in [-0.05, 0) is 6.92 Å². The van der Waals surface area contributed by atoms with Crippen LogP contribution >= 0.6 is 0 Å². The summed E-state index contributed by atoms with van der Waals surface area (Å²) in [5, 5.41) is 19.7. The number of anilines is 2. The van der Waals surface area contributed by atoms with E-state index in [4.69, 9.17) is 16.2 Å². The number of aliphatic hydroxyl groups is 2. The van der Waals surface area contributed by atoms with Crippen LogP contribution in [0.1, 0.15) is 13.2 Å². The van der Waals surface area contributed by atoms with Crippen LogP contribution in [0.15, 0.2) is 6.33 Å². The SMILES string of the molecule is C[C@H]1OC(n2cnc3c(N)nc(N)nc32)[C@H](O)[C@@H]1O. The highest BCUT2D eigenvalue weighted by atomic mass is 16.6. The van der Waals surface area contributed by atoms with Gasteiger partial charge in [-0.15, -0.1) is 0 Å². The second kappa shape index (κ2) is 4.02. The Morgan fingerprint density at radius 1 is 1.26 bits per heavy atom. The normalized spacial score (nSPS) is 31.1. The Kier molecular flexibility index (Phi) is 2.55. The van der Waals surface area contributed by atoms with Crippen molar-refractivity contribution in [2.45, 2.75) is 31.5 Å². The fourth-order valence-corrected chi connectivity index (χ4v) is 2.20. The maximum Gasteiger partial charge on any atom is 0.224 e. The maximum atomic E-state index is 9.97. The molecule has 9 nitrogen and oxygen atoms in total. The standard InChI is InChI=1S/C10H14N6O3/c1-3-5(17)6(18)9(19-3)16-2-13-4-7(11)14-10(12)15-8(4)16/h2-3,5-6,9,17-18H,1H3,(H4,11,12,14,15)/t3-,5-,6-,9?/m1/s1. The molecule has 19 heavy (non-hydrogen) atoms. The molecule has 6 N–H and O–H groups in total. The minimum Gasteiger partial charge on any atom is -0.388 e. The third kappa shape index (κ3) is 1.70. The number of hydrogen-bond donors (Lipinski definition) is 4. The van der Waals surface area contributed by atoms with Crippen LogP contribution in [0.5, 0.6) is 0 Å². The molecular weight excluding hydrogens is 252 g/mol. The summed E-state index contributed by atoms with van der Waals surface area (Å²) in [5.41, 5.74) is 12.0. The van der Waals surface area contributed by atoms with E-state index in [1.807, 2.05) is 0 Å². The Hall–Kier alpha value is -1.97. The number of ether oxygens (including phenoxy) is 1. The highest BCUT2D eigenvalue weighted by Gasteiger charge is 2.42. The lowest BCUT2D eigenvalue weighted by molar-refractivity contribution is -0.0299. The highest BCUT2D eigenvalue weighted by molar-refractivity contribution is 5.82. The van der Waals surface area contributed by atoms with E-state index in [1.165, 1.54) is 10.9 Å². The molecule has 3 heterocycles. The number of fused-ring (bicyclic) bond motifs is 1. The Morgan fingerprint density at radius 2 is 2.00 bits per heavy atom. The van der Waals surface area contributed by atoms with E-state index in [-0.39, 0.29) is 11.8 Å². The number of rotatable bonds is 1. The molecule has 1 aliphatic rings. The first-order valence-electron chi connectivity index (χ1n) is 5.76. The summed E-state index contributed by atoms with van der Waals surface area (Å²) in [6.07, 6.45) is -1.91. The predicted molar refractivity (Wildman–Crippen MR) is 65.7 cm³/mol. The molecule has 1 aliphatic heterocycles. The second-order valence-electron chi connectivity index (χ2n) is 4.50. The first-order chi connectivity index (χ1) is 8.99. The monoisotopic (exact) mass is 266 g/mol. The van der Waals surface area contributed by atoms with Gasteiger partial charge in [0.05, 0.1) is 12.4 Å². The summed E-state index contributed by atoms with van der Waals surface area (Å²) in [6.45, 7) is 1.67. The van der Waals surface area contributed by atoms with Gasteiger partial charge in [0.2, 0.25) is 5.95 Å². The number of hydrogen-bond acceptors (Lipinski definition) is 8. The van der Waals surface area contributed by atoms with E-state index < -0.39 is 24.5 Å². The van der Waals surface area contributed by atoms with E-state index in [2.05, 4.69) is 15.0 Å². The molecule has 102 valence electrons. The first kappa shape index (κ1) is 12.1. The zero-order chi connectivity index (χ0) is 13.7. The number of aromatic nitrogens is 4. The molecule has 1 unspecified atom stereocenters. The van der Waals surface area contributed by atoms with Gasteiger partial charge in [0.25, 0.3) is 0 Å². The molecule has 9 heteroatoms. The van der Waals surface area contributed by atoms with Gasteiger partial charge in [-0.25, -0.2) is 4.98 Å². The average molecular weight is 266 g/mol. The third-order valence-corrected chi connectivity index (χ3v) is 3.22. The number of nitrogens with two attached hydrogens (primary N) is 2. The average Bonchev–Trinajstić information content (AvgIpc) is 2.86. The topological polar surface area (TPSA) is 145 Å². The van der Waals surface area contributed by atoms with Crippen molar-refractivity contribution in [1.82, 2.24) is 19.5 Å². The fraction of sp³-hybridized carbons (Fsp3) is 0.500. The van der Waals surface area contributed by atoms with Crippen LogP contribution < -0.4 is 11.5 Å². The van der Waals surface area contributed by atoms with Crippen LogP contribution in [0.2, 0.25) is 0 Å². The quantitative estimate of drug-likeness (QED) is 0.494. The smallest absolute Gasteiger partial charge is 0.224 e. The summed E-state index contributed by atoms with van der Waals surface area (Å²) in [4.78, 5) is 11.9. The van der Waals surface area contributed by atoms with Crippen molar-refractivity contribution in [2.24, 2.45) is 0 Å². The molecule has 0 aromatic carbocycles. The Morgan fingerprint density at radius 3 is 2.63 bits per heavy atom. The van der Waals surface area contributed by atoms with Crippen LogP contribution in [-0.4, -0.2) is 48.0 Å². The van der Waals surface area contributed by atoms with Crippen molar-refractivity contribution in [1.29, 1.82) is 0 Å². The van der Waals surface area contributed by atoms with Crippen LogP contribution in [0.3, 0.4) is 0 Å². The van der Waals surface area contributed by atoms with Gasteiger partial charge in [0.15, 0.2) is 17.7 Å². The Bertz CT molecular complexity index is 629. The molecule has 1 saturated heterocycles. The van der Waals surface area contributed by atoms with Gasteiger partial charge >= 0.3 is 0 Å². The molecule has 0 bridgehead atoms. The van der Waals surface area contributed by atoms with E-state index >= 15 is 0 Å². The van der Waals surface area contributed by atoms with Crippen molar-refractivity contribution in [3.63, 3.8) is 0 Å². The van der Waals surface area contributed by atoms with Gasteiger partial charge in [0, 0.05) is 0 Å². The number of imidazole rings is 1. The summed E-state index contributed by atoms with van der Waals surface area (Å²) >= 11 is 0. The van der Waals surface area contributed by atoms with Crippen LogP contribution in [0.4, 0.5) is 11.8 Å². The molecule has 4 atom stereocenters. The van der Waals surface area contributed by atoms with Crippen molar-refractivity contribution in [3.8, 4) is 0 Å². The van der Waals surface area contributed by atoms with Gasteiger partial charge in [-0.1, -0.05) is 0 Å². The number of nitrogen functional groups attached to an aromatic ring is 2. The molecule has 0 amide bonds. The fourth-order valence-electron chi connectivity index (χ4n) is 2.20. The van der Waals surface area contributed by atoms with Crippen molar-refractivity contribution in [2.75, 3.05) is 11.5 Å². The molecule has 0 spiro atoms. The third-order valence-electron chi connectivity index (χ3n) is 3.22. The lowest BCUT2D eigenvalue weighted by Crippen LogP contribution is -2.30. The van der Waals surface area contributed by atoms with E-state index in [0.717, 1.165) is 0 Å². The zero-order valence-electron chi connectivity index (χ0n) is 10.1. The molecule has 2 aromatic rings. The van der Waals surface area contributed by atoms with Gasteiger partial charge in [-0.2, -0.15) is 9.97 Å². The molecule has 0 saturated carbocycles. The molecule has 2 aromatic heterocycles. The van der Waals surface area contributed by atoms with Crippen LogP contribution in [0, 0.1) is 0 Å². The van der Waals surface area contributed by atoms with Crippen LogP contribution in [-0.2, 0) is 4.74 Å². The van der Waals surface area contributed by atoms with Crippen molar-refractivity contribution in [3.05, 3.63) is 6.33 Å². The molecular formula is C10H14N6O3. The van der Waals surface area contributed by atoms with Gasteiger partial charge in [0.1, 0.15) is 17.7 Å². The number of aliphatic hydroxyl groups excluding tert-OH is 2. The van der Waals surface area contributed by atoms with Crippen molar-refractivity contribution >= 4 is 22.9 Å². The lowest BCUT2D eigenvalue weighted by atomic mass is 10.1. The zero-order valence-corrected chi connectivity index (χ0v) is 10.1. The Balaban J connectivity index is 2.11. The summed E-state index contributed by atoms with van der Waals surface area (Å²) in [6, 6.07) is 0. The minimum absolute atomic E-state index is 0.00725. The van der Waals surface area contributed by atoms with Crippen molar-refractivity contribution < 1.29 is 14.9 Å². The van der Waals surface area contributed by atoms with E-state index in [9.17, 15) is 10.2 Å². The Labute approximate surface area is 107 Å².